The van der Waals surface area contributed by atoms with E-state index in [1.165, 1.54) is 18.2 Å². The van der Waals surface area contributed by atoms with Gasteiger partial charge in [0.2, 0.25) is 0 Å². The van der Waals surface area contributed by atoms with Crippen molar-refractivity contribution in [2.24, 2.45) is 5.92 Å². The Morgan fingerprint density at radius 2 is 1.72 bits per heavy atom. The van der Waals surface area contributed by atoms with Crippen molar-refractivity contribution in [3.05, 3.63) is 71.3 Å². The summed E-state index contributed by atoms with van der Waals surface area (Å²) < 4.78 is 63.0. The van der Waals surface area contributed by atoms with E-state index in [1.54, 1.807) is 37.3 Å². The zero-order chi connectivity index (χ0) is 23.3. The number of halogens is 3. The number of hydrogen-bond donors (Lipinski definition) is 0. The molecule has 1 saturated heterocycles. The second-order valence-electron chi connectivity index (χ2n) is 8.03. The summed E-state index contributed by atoms with van der Waals surface area (Å²) in [4.78, 5) is 12.5. The van der Waals surface area contributed by atoms with Crippen LogP contribution in [0.2, 0.25) is 0 Å². The second kappa shape index (κ2) is 10.5. The predicted molar refractivity (Wildman–Crippen MR) is 111 cm³/mol. The van der Waals surface area contributed by atoms with Crippen LogP contribution in [0, 0.1) is 5.92 Å². The molecule has 174 valence electrons. The summed E-state index contributed by atoms with van der Waals surface area (Å²) in [6, 6.07) is 13.8. The molecular formula is C24H27F3O5. The molecule has 0 N–H and O–H groups in total. The quantitative estimate of drug-likeness (QED) is 0.539. The minimum Gasteiger partial charge on any atom is -0.456 e. The number of rotatable bonds is 7. The first-order valence-corrected chi connectivity index (χ1v) is 10.5. The molecule has 0 spiro atoms. The zero-order valence-electron chi connectivity index (χ0n) is 18.2. The van der Waals surface area contributed by atoms with E-state index in [9.17, 15) is 18.0 Å². The number of benzene rings is 2. The lowest BCUT2D eigenvalue weighted by molar-refractivity contribution is -0.291. The van der Waals surface area contributed by atoms with E-state index < -0.39 is 42.3 Å². The van der Waals surface area contributed by atoms with Gasteiger partial charge in [0.15, 0.2) is 6.29 Å². The Labute approximate surface area is 185 Å². The van der Waals surface area contributed by atoms with E-state index in [2.05, 4.69) is 0 Å². The number of ether oxygens (including phenoxy) is 4. The van der Waals surface area contributed by atoms with Crippen molar-refractivity contribution in [1.82, 2.24) is 0 Å². The highest BCUT2D eigenvalue weighted by atomic mass is 19.4. The van der Waals surface area contributed by atoms with Gasteiger partial charge >= 0.3 is 12.1 Å². The molecule has 1 heterocycles. The molecule has 0 radical (unpaired) electrons. The highest BCUT2D eigenvalue weighted by Crippen LogP contribution is 2.33. The summed E-state index contributed by atoms with van der Waals surface area (Å²) in [6.45, 7) is 5.34. The van der Waals surface area contributed by atoms with Gasteiger partial charge in [-0.1, -0.05) is 50.2 Å². The SMILES string of the molecule is CC(C)[C@H]1OC[C@@H](OCc2ccccc2C(F)(F)F)[C@@H](C(C)OC(=O)c2ccccc2)O1. The van der Waals surface area contributed by atoms with Gasteiger partial charge in [-0.3, -0.25) is 0 Å². The molecular weight excluding hydrogens is 425 g/mol. The molecule has 0 aliphatic carbocycles. The molecule has 1 fully saturated rings. The van der Waals surface area contributed by atoms with Gasteiger partial charge in [0.1, 0.15) is 18.3 Å². The van der Waals surface area contributed by atoms with Crippen LogP contribution in [0.1, 0.15) is 42.3 Å². The highest BCUT2D eigenvalue weighted by molar-refractivity contribution is 5.89. The van der Waals surface area contributed by atoms with Crippen molar-refractivity contribution in [3.8, 4) is 0 Å². The van der Waals surface area contributed by atoms with Crippen LogP contribution in [0.5, 0.6) is 0 Å². The Kier molecular flexibility index (Phi) is 7.92. The molecule has 2 aromatic carbocycles. The fraction of sp³-hybridized carbons (Fsp3) is 0.458. The Morgan fingerprint density at radius 1 is 1.06 bits per heavy atom. The first kappa shape index (κ1) is 24.2. The fourth-order valence-electron chi connectivity index (χ4n) is 3.47. The molecule has 3 rings (SSSR count). The first-order valence-electron chi connectivity index (χ1n) is 10.5. The van der Waals surface area contributed by atoms with Crippen LogP contribution in [0.4, 0.5) is 13.2 Å². The number of hydrogen-bond acceptors (Lipinski definition) is 5. The summed E-state index contributed by atoms with van der Waals surface area (Å²) >= 11 is 0. The maximum Gasteiger partial charge on any atom is 0.416 e. The predicted octanol–water partition coefficient (Wildman–Crippen LogP) is 5.23. The lowest BCUT2D eigenvalue weighted by atomic mass is 10.1. The molecule has 4 atom stereocenters. The van der Waals surface area contributed by atoms with E-state index >= 15 is 0 Å². The van der Waals surface area contributed by atoms with Gasteiger partial charge in [-0.2, -0.15) is 13.2 Å². The molecule has 1 aliphatic heterocycles. The van der Waals surface area contributed by atoms with Gasteiger partial charge < -0.3 is 18.9 Å². The van der Waals surface area contributed by atoms with Crippen LogP contribution in [-0.2, 0) is 31.7 Å². The van der Waals surface area contributed by atoms with Crippen LogP contribution < -0.4 is 0 Å². The van der Waals surface area contributed by atoms with Crippen molar-refractivity contribution in [2.45, 2.75) is 58.2 Å². The van der Waals surface area contributed by atoms with Crippen molar-refractivity contribution < 1.29 is 36.9 Å². The Balaban J connectivity index is 1.73. The summed E-state index contributed by atoms with van der Waals surface area (Å²) in [5, 5.41) is 0. The Hall–Kier alpha value is -2.42. The molecule has 5 nitrogen and oxygen atoms in total. The average molecular weight is 452 g/mol. The Bertz CT molecular complexity index is 885. The van der Waals surface area contributed by atoms with Gasteiger partial charge in [-0.15, -0.1) is 0 Å². The number of carbonyl (C=O) groups excluding carboxylic acids is 1. The third-order valence-electron chi connectivity index (χ3n) is 5.17. The van der Waals surface area contributed by atoms with Crippen molar-refractivity contribution in [1.29, 1.82) is 0 Å². The van der Waals surface area contributed by atoms with Gasteiger partial charge in [-0.05, 0) is 30.7 Å². The topological polar surface area (TPSA) is 54.0 Å². The van der Waals surface area contributed by atoms with Crippen LogP contribution in [0.15, 0.2) is 54.6 Å². The average Bonchev–Trinajstić information content (AvgIpc) is 2.77. The summed E-state index contributed by atoms with van der Waals surface area (Å²) in [5.41, 5.74) is -0.347. The largest absolute Gasteiger partial charge is 0.456 e. The molecule has 0 saturated carbocycles. The smallest absolute Gasteiger partial charge is 0.416 e. The minimum absolute atomic E-state index is 0.0127. The van der Waals surface area contributed by atoms with Crippen LogP contribution >= 0.6 is 0 Å². The monoisotopic (exact) mass is 452 g/mol. The summed E-state index contributed by atoms with van der Waals surface area (Å²) in [5.74, 6) is -0.489. The lowest BCUT2D eigenvalue weighted by Crippen LogP contribution is -2.52. The molecule has 32 heavy (non-hydrogen) atoms. The second-order valence-corrected chi connectivity index (χ2v) is 8.03. The van der Waals surface area contributed by atoms with Gasteiger partial charge in [-0.25, -0.2) is 4.79 Å². The minimum atomic E-state index is -4.49. The maximum absolute atomic E-state index is 13.3. The molecule has 1 aliphatic rings. The van der Waals surface area contributed by atoms with Gasteiger partial charge in [0.05, 0.1) is 24.3 Å². The first-order chi connectivity index (χ1) is 15.2. The van der Waals surface area contributed by atoms with Crippen molar-refractivity contribution in [2.75, 3.05) is 6.61 Å². The number of esters is 1. The normalized spacial score (nSPS) is 22.5. The molecule has 0 aromatic heterocycles. The molecule has 0 amide bonds. The molecule has 2 aromatic rings. The van der Waals surface area contributed by atoms with E-state index in [0.29, 0.717) is 5.56 Å². The van der Waals surface area contributed by atoms with Crippen LogP contribution in [0.25, 0.3) is 0 Å². The van der Waals surface area contributed by atoms with E-state index in [0.717, 1.165) is 6.07 Å². The fourth-order valence-corrected chi connectivity index (χ4v) is 3.47. The third kappa shape index (κ3) is 6.09. The van der Waals surface area contributed by atoms with Crippen LogP contribution in [-0.4, -0.2) is 37.2 Å². The molecule has 0 bridgehead atoms. The number of carbonyl (C=O) groups is 1. The highest BCUT2D eigenvalue weighted by Gasteiger charge is 2.40. The lowest BCUT2D eigenvalue weighted by Gasteiger charge is -2.40. The maximum atomic E-state index is 13.3. The number of alkyl halides is 3. The Morgan fingerprint density at radius 3 is 2.38 bits per heavy atom. The van der Waals surface area contributed by atoms with Crippen LogP contribution in [0.3, 0.4) is 0 Å². The van der Waals surface area contributed by atoms with E-state index in [-0.39, 0.29) is 24.7 Å². The van der Waals surface area contributed by atoms with Crippen molar-refractivity contribution >= 4 is 5.97 Å². The third-order valence-corrected chi connectivity index (χ3v) is 5.17. The van der Waals surface area contributed by atoms with Gasteiger partial charge in [0.25, 0.3) is 0 Å². The molecule has 1 unspecified atom stereocenters. The van der Waals surface area contributed by atoms with E-state index in [1.807, 2.05) is 13.8 Å². The molecule has 8 heteroatoms. The van der Waals surface area contributed by atoms with Gasteiger partial charge in [0, 0.05) is 5.92 Å². The standard InChI is InChI=1S/C24H27F3O5/c1-15(2)23-30-14-20(29-13-18-11-7-8-12-19(18)24(25,26)27)21(32-23)16(3)31-22(28)17-9-5-4-6-10-17/h4-12,15-16,20-21,23H,13-14H2,1-3H3/t16?,20-,21-,23+/m1/s1. The summed E-state index contributed by atoms with van der Waals surface area (Å²) in [6.07, 6.45) is -7.16. The zero-order valence-corrected chi connectivity index (χ0v) is 18.2. The van der Waals surface area contributed by atoms with E-state index in [4.69, 9.17) is 18.9 Å². The summed E-state index contributed by atoms with van der Waals surface area (Å²) in [7, 11) is 0. The van der Waals surface area contributed by atoms with Crippen molar-refractivity contribution in [3.63, 3.8) is 0 Å².